The number of fused-ring (bicyclic) bond motifs is 3. The van der Waals surface area contributed by atoms with Gasteiger partial charge in [-0.2, -0.15) is 4.98 Å². The zero-order valence-corrected chi connectivity index (χ0v) is 21.3. The number of hydrogen-bond acceptors (Lipinski definition) is 7. The molecule has 0 aliphatic heterocycles. The normalized spacial score (nSPS) is 10.9. The Morgan fingerprint density at radius 2 is 1.76 bits per heavy atom. The number of nitrogens with zero attached hydrogens (tertiary/aromatic N) is 4. The average molecular weight is 535 g/mol. The number of aromatic nitrogens is 4. The van der Waals surface area contributed by atoms with Crippen molar-refractivity contribution in [1.29, 1.82) is 0 Å². The van der Waals surface area contributed by atoms with Gasteiger partial charge in [0.25, 0.3) is 0 Å². The van der Waals surface area contributed by atoms with Crippen molar-refractivity contribution < 1.29 is 14.3 Å². The molecule has 0 aliphatic rings. The Kier molecular flexibility index (Phi) is 6.56. The van der Waals surface area contributed by atoms with Crippen molar-refractivity contribution >= 4 is 63.1 Å². The first-order valence-electron chi connectivity index (χ1n) is 11.0. The Morgan fingerprint density at radius 3 is 2.46 bits per heavy atom. The van der Waals surface area contributed by atoms with Crippen molar-refractivity contribution in [1.82, 2.24) is 19.4 Å². The van der Waals surface area contributed by atoms with Crippen LogP contribution in [0.5, 0.6) is 11.5 Å². The zero-order valence-electron chi connectivity index (χ0n) is 19.8. The fraction of sp³-hybridized carbons (Fsp3) is 0.0769. The summed E-state index contributed by atoms with van der Waals surface area (Å²) in [5.74, 6) is 0.905. The summed E-state index contributed by atoms with van der Waals surface area (Å²) in [7, 11) is 3.05. The number of carbonyl (C=O) groups excluding carboxylic acids is 1. The van der Waals surface area contributed by atoms with Crippen molar-refractivity contribution in [2.24, 2.45) is 0 Å². The number of rotatable bonds is 7. The molecule has 9 nitrogen and oxygen atoms in total. The van der Waals surface area contributed by atoms with Gasteiger partial charge in [0.15, 0.2) is 5.65 Å². The lowest BCUT2D eigenvalue weighted by molar-refractivity contribution is -0.111. The van der Waals surface area contributed by atoms with Gasteiger partial charge in [0, 0.05) is 52.5 Å². The lowest BCUT2D eigenvalue weighted by Crippen LogP contribution is -2.07. The smallest absolute Gasteiger partial charge is 0.247 e. The summed E-state index contributed by atoms with van der Waals surface area (Å²) in [5, 5.41) is 7.29. The molecule has 11 heteroatoms. The summed E-state index contributed by atoms with van der Waals surface area (Å²) in [6, 6.07) is 10.7. The van der Waals surface area contributed by atoms with Crippen LogP contribution in [0.25, 0.3) is 27.8 Å². The number of amides is 1. The standard InChI is InChI=1S/C26H20Cl2N6O3/c1-4-20(35)31-15-6-5-7-16(11-15)32-26-30-13-14-10-17(25-29-8-9-34(25)24(14)33-26)21-22(27)18(36-2)12-19(37-3)23(21)28/h4-13H,1H2,2-3H3,(H,31,35)(H,30,32,33). The Balaban J connectivity index is 1.60. The number of pyridine rings is 1. The third kappa shape index (κ3) is 4.50. The molecule has 0 atom stereocenters. The highest BCUT2D eigenvalue weighted by Crippen LogP contribution is 2.47. The van der Waals surface area contributed by atoms with Gasteiger partial charge in [-0.3, -0.25) is 9.20 Å². The maximum atomic E-state index is 11.6. The Hall–Kier alpha value is -4.34. The lowest BCUT2D eigenvalue weighted by atomic mass is 10.0. The molecule has 0 saturated heterocycles. The third-order valence-electron chi connectivity index (χ3n) is 5.62. The number of hydrogen-bond donors (Lipinski definition) is 2. The number of carbonyl (C=O) groups is 1. The molecule has 3 heterocycles. The SMILES string of the molecule is C=CC(=O)Nc1cccc(Nc2ncc3cc(-c4c(Cl)c(OC)cc(OC)c4Cl)c4nccn4c3n2)c1. The summed E-state index contributed by atoms with van der Waals surface area (Å²) >= 11 is 13.4. The molecule has 5 rings (SSSR count). The molecule has 0 aliphatic carbocycles. The number of anilines is 3. The second kappa shape index (κ2) is 9.96. The van der Waals surface area contributed by atoms with Crippen LogP contribution < -0.4 is 20.1 Å². The van der Waals surface area contributed by atoms with E-state index in [1.54, 1.807) is 42.9 Å². The van der Waals surface area contributed by atoms with Crippen molar-refractivity contribution in [2.75, 3.05) is 24.9 Å². The molecule has 186 valence electrons. The Labute approximate surface area is 221 Å². The van der Waals surface area contributed by atoms with Gasteiger partial charge >= 0.3 is 0 Å². The number of imidazole rings is 1. The molecule has 2 aromatic carbocycles. The number of ether oxygens (including phenoxy) is 2. The fourth-order valence-electron chi connectivity index (χ4n) is 3.93. The molecular formula is C26H20Cl2N6O3. The Bertz CT molecular complexity index is 1660. The molecule has 0 unspecified atom stereocenters. The van der Waals surface area contributed by atoms with E-state index in [9.17, 15) is 4.79 Å². The summed E-state index contributed by atoms with van der Waals surface area (Å²) in [6.07, 6.45) is 6.36. The molecule has 37 heavy (non-hydrogen) atoms. The summed E-state index contributed by atoms with van der Waals surface area (Å²) in [4.78, 5) is 25.3. The monoisotopic (exact) mass is 534 g/mol. The van der Waals surface area contributed by atoms with E-state index >= 15 is 0 Å². The van der Waals surface area contributed by atoms with Crippen molar-refractivity contribution in [3.05, 3.63) is 77.7 Å². The molecule has 0 saturated carbocycles. The van der Waals surface area contributed by atoms with Crippen LogP contribution in [0.1, 0.15) is 0 Å². The highest BCUT2D eigenvalue weighted by Gasteiger charge is 2.22. The van der Waals surface area contributed by atoms with E-state index < -0.39 is 0 Å². The summed E-state index contributed by atoms with van der Waals surface area (Å²) < 4.78 is 12.7. The van der Waals surface area contributed by atoms with Crippen molar-refractivity contribution in [3.8, 4) is 22.6 Å². The molecule has 3 aromatic heterocycles. The van der Waals surface area contributed by atoms with Crippen LogP contribution in [-0.2, 0) is 4.79 Å². The minimum absolute atomic E-state index is 0.300. The second-order valence-corrected chi connectivity index (χ2v) is 8.59. The van der Waals surface area contributed by atoms with E-state index in [1.807, 2.05) is 16.5 Å². The van der Waals surface area contributed by atoms with Crippen LogP contribution in [-0.4, -0.2) is 39.5 Å². The summed E-state index contributed by atoms with van der Waals surface area (Å²) in [6.45, 7) is 3.47. The van der Waals surface area contributed by atoms with E-state index in [0.717, 1.165) is 5.39 Å². The molecule has 0 spiro atoms. The zero-order chi connectivity index (χ0) is 26.1. The quantitative estimate of drug-likeness (QED) is 0.242. The van der Waals surface area contributed by atoms with Crippen molar-refractivity contribution in [2.45, 2.75) is 0 Å². The van der Waals surface area contributed by atoms with Crippen LogP contribution in [0.15, 0.2) is 67.6 Å². The predicted molar refractivity (Wildman–Crippen MR) is 145 cm³/mol. The largest absolute Gasteiger partial charge is 0.495 e. The third-order valence-corrected chi connectivity index (χ3v) is 6.37. The lowest BCUT2D eigenvalue weighted by Gasteiger charge is -2.16. The molecule has 0 bridgehead atoms. The maximum Gasteiger partial charge on any atom is 0.247 e. The second-order valence-electron chi connectivity index (χ2n) is 7.83. The van der Waals surface area contributed by atoms with Gasteiger partial charge < -0.3 is 20.1 Å². The molecule has 0 radical (unpaired) electrons. The van der Waals surface area contributed by atoms with Crippen LogP contribution in [0.4, 0.5) is 17.3 Å². The highest BCUT2D eigenvalue weighted by atomic mass is 35.5. The molecular weight excluding hydrogens is 515 g/mol. The highest BCUT2D eigenvalue weighted by molar-refractivity contribution is 6.41. The maximum absolute atomic E-state index is 11.6. The van der Waals surface area contributed by atoms with Crippen molar-refractivity contribution in [3.63, 3.8) is 0 Å². The van der Waals surface area contributed by atoms with Crippen LogP contribution in [0.2, 0.25) is 10.0 Å². The van der Waals surface area contributed by atoms with Gasteiger partial charge in [-0.1, -0.05) is 35.8 Å². The molecule has 1 amide bonds. The topological polar surface area (TPSA) is 103 Å². The first kappa shape index (κ1) is 24.4. The van der Waals surface area contributed by atoms with Crippen LogP contribution >= 0.6 is 23.2 Å². The van der Waals surface area contributed by atoms with Gasteiger partial charge in [-0.05, 0) is 30.3 Å². The van der Waals surface area contributed by atoms with Gasteiger partial charge in [0.1, 0.15) is 17.1 Å². The Morgan fingerprint density at radius 1 is 1.03 bits per heavy atom. The van der Waals surface area contributed by atoms with Gasteiger partial charge in [-0.15, -0.1) is 0 Å². The number of nitrogens with one attached hydrogen (secondary N) is 2. The van der Waals surface area contributed by atoms with E-state index in [0.29, 0.717) is 61.3 Å². The van der Waals surface area contributed by atoms with Gasteiger partial charge in [0.05, 0.1) is 24.3 Å². The van der Waals surface area contributed by atoms with Crippen LogP contribution in [0, 0.1) is 0 Å². The minimum Gasteiger partial charge on any atom is -0.495 e. The van der Waals surface area contributed by atoms with E-state index in [4.69, 9.17) is 37.7 Å². The van der Waals surface area contributed by atoms with E-state index in [-0.39, 0.29) is 5.91 Å². The minimum atomic E-state index is -0.300. The van der Waals surface area contributed by atoms with Gasteiger partial charge in [-0.25, -0.2) is 9.97 Å². The number of benzene rings is 2. The number of halogens is 2. The molecule has 5 aromatic rings. The van der Waals surface area contributed by atoms with E-state index in [1.165, 1.54) is 20.3 Å². The predicted octanol–water partition coefficient (Wildman–Crippen LogP) is 6.14. The average Bonchev–Trinajstić information content (AvgIpc) is 3.40. The summed E-state index contributed by atoms with van der Waals surface area (Å²) in [5.41, 5.74) is 3.71. The molecule has 0 fully saturated rings. The molecule has 2 N–H and O–H groups in total. The first-order chi connectivity index (χ1) is 17.9. The first-order valence-corrected chi connectivity index (χ1v) is 11.7. The van der Waals surface area contributed by atoms with E-state index in [2.05, 4.69) is 27.2 Å². The number of methoxy groups -OCH3 is 2. The van der Waals surface area contributed by atoms with Gasteiger partial charge in [0.2, 0.25) is 11.9 Å². The van der Waals surface area contributed by atoms with Crippen LogP contribution in [0.3, 0.4) is 0 Å². The fourth-order valence-corrected chi connectivity index (χ4v) is 4.64.